The molecule has 0 bridgehead atoms. The number of aromatic nitrogens is 2. The van der Waals surface area contributed by atoms with Crippen molar-refractivity contribution in [3.8, 4) is 11.8 Å². The third kappa shape index (κ3) is 2.44. The Labute approximate surface area is 113 Å². The molecular formula is C13H10BrN3O. The minimum absolute atomic E-state index is 0.178. The van der Waals surface area contributed by atoms with E-state index in [9.17, 15) is 10.4 Å². The Morgan fingerprint density at radius 1 is 1.44 bits per heavy atom. The fourth-order valence-corrected chi connectivity index (χ4v) is 2.00. The summed E-state index contributed by atoms with van der Waals surface area (Å²) < 4.78 is 2.51. The molecule has 0 radical (unpaired) electrons. The third-order valence-electron chi connectivity index (χ3n) is 2.52. The molecule has 0 spiro atoms. The first-order valence-corrected chi connectivity index (χ1v) is 6.00. The van der Waals surface area contributed by atoms with Crippen molar-refractivity contribution in [2.75, 3.05) is 0 Å². The SMILES string of the molecule is Cn1ncc(Br)c1/C=C(\C#N)c1ccc(O)cc1. The van der Waals surface area contributed by atoms with E-state index in [-0.39, 0.29) is 5.75 Å². The first-order chi connectivity index (χ1) is 8.61. The van der Waals surface area contributed by atoms with E-state index in [1.54, 1.807) is 41.2 Å². The second-order valence-corrected chi connectivity index (χ2v) is 4.57. The molecule has 0 aliphatic heterocycles. The molecule has 0 aliphatic carbocycles. The topological polar surface area (TPSA) is 61.8 Å². The molecule has 18 heavy (non-hydrogen) atoms. The van der Waals surface area contributed by atoms with Gasteiger partial charge in [0.15, 0.2) is 0 Å². The highest BCUT2D eigenvalue weighted by molar-refractivity contribution is 9.10. The minimum Gasteiger partial charge on any atom is -0.508 e. The lowest BCUT2D eigenvalue weighted by Gasteiger charge is -2.01. The predicted octanol–water partition coefficient (Wildman–Crippen LogP) is 2.95. The molecular weight excluding hydrogens is 294 g/mol. The number of phenolic OH excluding ortho intramolecular Hbond substituents is 1. The van der Waals surface area contributed by atoms with Crippen LogP contribution in [0.3, 0.4) is 0 Å². The normalized spacial score (nSPS) is 11.3. The van der Waals surface area contributed by atoms with Gasteiger partial charge in [-0.3, -0.25) is 4.68 Å². The lowest BCUT2D eigenvalue weighted by Crippen LogP contribution is -1.93. The number of aromatic hydroxyl groups is 1. The maximum absolute atomic E-state index is 9.23. The van der Waals surface area contributed by atoms with Crippen molar-refractivity contribution in [1.82, 2.24) is 9.78 Å². The number of halogens is 1. The zero-order valence-corrected chi connectivity index (χ0v) is 11.2. The Balaban J connectivity index is 2.47. The molecule has 2 rings (SSSR count). The summed E-state index contributed by atoms with van der Waals surface area (Å²) in [6.07, 6.45) is 3.43. The van der Waals surface area contributed by atoms with Crippen molar-refractivity contribution in [1.29, 1.82) is 5.26 Å². The summed E-state index contributed by atoms with van der Waals surface area (Å²) >= 11 is 3.38. The second-order valence-electron chi connectivity index (χ2n) is 3.72. The first-order valence-electron chi connectivity index (χ1n) is 5.20. The highest BCUT2D eigenvalue weighted by Crippen LogP contribution is 2.23. The fraction of sp³-hybridized carbons (Fsp3) is 0.0769. The molecule has 4 nitrogen and oxygen atoms in total. The summed E-state index contributed by atoms with van der Waals surface area (Å²) in [6, 6.07) is 8.66. The molecule has 1 aromatic carbocycles. The molecule has 1 heterocycles. The van der Waals surface area contributed by atoms with Crippen molar-refractivity contribution >= 4 is 27.6 Å². The average Bonchev–Trinajstić information content (AvgIpc) is 2.68. The average molecular weight is 304 g/mol. The monoisotopic (exact) mass is 303 g/mol. The van der Waals surface area contributed by atoms with E-state index >= 15 is 0 Å². The Morgan fingerprint density at radius 3 is 2.61 bits per heavy atom. The number of phenols is 1. The molecule has 0 amide bonds. The van der Waals surface area contributed by atoms with Crippen LogP contribution in [0.1, 0.15) is 11.3 Å². The number of nitriles is 1. The van der Waals surface area contributed by atoms with Gasteiger partial charge in [-0.25, -0.2) is 0 Å². The van der Waals surface area contributed by atoms with Gasteiger partial charge in [-0.15, -0.1) is 0 Å². The quantitative estimate of drug-likeness (QED) is 0.868. The van der Waals surface area contributed by atoms with Gasteiger partial charge < -0.3 is 5.11 Å². The van der Waals surface area contributed by atoms with Crippen LogP contribution in [0.2, 0.25) is 0 Å². The molecule has 0 unspecified atom stereocenters. The van der Waals surface area contributed by atoms with Gasteiger partial charge in [-0.2, -0.15) is 10.4 Å². The number of nitrogens with zero attached hydrogens (tertiary/aromatic N) is 3. The molecule has 1 N–H and O–H groups in total. The van der Waals surface area contributed by atoms with Crippen molar-refractivity contribution in [3.05, 3.63) is 46.2 Å². The maximum Gasteiger partial charge on any atom is 0.115 e. The molecule has 0 saturated heterocycles. The van der Waals surface area contributed by atoms with Gasteiger partial charge in [0.2, 0.25) is 0 Å². The van der Waals surface area contributed by atoms with Crippen LogP contribution in [-0.2, 0) is 7.05 Å². The molecule has 5 heteroatoms. The molecule has 0 saturated carbocycles. The minimum atomic E-state index is 0.178. The standard InChI is InChI=1S/C13H10BrN3O/c1-17-13(12(14)8-16-17)6-10(7-15)9-2-4-11(18)5-3-9/h2-6,8,18H,1H3/b10-6+. The van der Waals surface area contributed by atoms with Crippen molar-refractivity contribution < 1.29 is 5.11 Å². The van der Waals surface area contributed by atoms with Crippen molar-refractivity contribution in [2.45, 2.75) is 0 Å². The number of allylic oxidation sites excluding steroid dienone is 1. The number of benzene rings is 1. The lowest BCUT2D eigenvalue weighted by molar-refractivity contribution is 0.475. The van der Waals surface area contributed by atoms with Gasteiger partial charge in [0, 0.05) is 7.05 Å². The van der Waals surface area contributed by atoms with E-state index in [0.29, 0.717) is 5.57 Å². The second kappa shape index (κ2) is 5.07. The van der Waals surface area contributed by atoms with E-state index in [2.05, 4.69) is 27.1 Å². The van der Waals surface area contributed by atoms with Crippen LogP contribution < -0.4 is 0 Å². The zero-order chi connectivity index (χ0) is 13.1. The van der Waals surface area contributed by atoms with Gasteiger partial charge in [0.25, 0.3) is 0 Å². The molecule has 1 aromatic heterocycles. The smallest absolute Gasteiger partial charge is 0.115 e. The van der Waals surface area contributed by atoms with E-state index in [0.717, 1.165) is 15.7 Å². The molecule has 0 atom stereocenters. The molecule has 0 aliphatic rings. The van der Waals surface area contributed by atoms with Crippen LogP contribution in [-0.4, -0.2) is 14.9 Å². The summed E-state index contributed by atoms with van der Waals surface area (Å²) in [6.45, 7) is 0. The summed E-state index contributed by atoms with van der Waals surface area (Å²) in [5, 5.41) is 22.5. The molecule has 2 aromatic rings. The largest absolute Gasteiger partial charge is 0.508 e. The Bertz CT molecular complexity index is 616. The number of hydrogen-bond donors (Lipinski definition) is 1. The van der Waals surface area contributed by atoms with E-state index in [4.69, 9.17) is 0 Å². The van der Waals surface area contributed by atoms with Gasteiger partial charge in [-0.05, 0) is 51.8 Å². The van der Waals surface area contributed by atoms with Gasteiger partial charge >= 0.3 is 0 Å². The highest BCUT2D eigenvalue weighted by Gasteiger charge is 2.06. The van der Waals surface area contributed by atoms with Crippen LogP contribution in [0.15, 0.2) is 34.9 Å². The van der Waals surface area contributed by atoms with Crippen LogP contribution in [0.25, 0.3) is 11.6 Å². The van der Waals surface area contributed by atoms with Crippen molar-refractivity contribution in [2.24, 2.45) is 7.05 Å². The fourth-order valence-electron chi connectivity index (χ4n) is 1.54. The molecule has 90 valence electrons. The number of aryl methyl sites for hydroxylation is 1. The Kier molecular flexibility index (Phi) is 3.49. The highest BCUT2D eigenvalue weighted by atomic mass is 79.9. The summed E-state index contributed by atoms with van der Waals surface area (Å²) in [4.78, 5) is 0. The zero-order valence-electron chi connectivity index (χ0n) is 9.63. The van der Waals surface area contributed by atoms with Crippen molar-refractivity contribution in [3.63, 3.8) is 0 Å². The van der Waals surface area contributed by atoms with Crippen LogP contribution in [0, 0.1) is 11.3 Å². The first kappa shape index (κ1) is 12.4. The third-order valence-corrected chi connectivity index (χ3v) is 3.13. The number of rotatable bonds is 2. The van der Waals surface area contributed by atoms with E-state index in [1.807, 2.05) is 7.05 Å². The Hall–Kier alpha value is -2.06. The van der Waals surface area contributed by atoms with Gasteiger partial charge in [-0.1, -0.05) is 0 Å². The Morgan fingerprint density at radius 2 is 2.11 bits per heavy atom. The van der Waals surface area contributed by atoms with E-state index in [1.165, 1.54) is 0 Å². The predicted molar refractivity (Wildman–Crippen MR) is 72.5 cm³/mol. The number of hydrogen-bond acceptors (Lipinski definition) is 3. The summed E-state index contributed by atoms with van der Waals surface area (Å²) in [5.74, 6) is 0.178. The summed E-state index contributed by atoms with van der Waals surface area (Å²) in [7, 11) is 1.81. The molecule has 0 fully saturated rings. The van der Waals surface area contributed by atoms with Gasteiger partial charge in [0.1, 0.15) is 5.75 Å². The van der Waals surface area contributed by atoms with Crippen LogP contribution >= 0.6 is 15.9 Å². The van der Waals surface area contributed by atoms with Gasteiger partial charge in [0.05, 0.1) is 28.0 Å². The van der Waals surface area contributed by atoms with E-state index < -0.39 is 0 Å². The maximum atomic E-state index is 9.23. The van der Waals surface area contributed by atoms with Crippen LogP contribution in [0.5, 0.6) is 5.75 Å². The lowest BCUT2D eigenvalue weighted by atomic mass is 10.1. The van der Waals surface area contributed by atoms with Crippen LogP contribution in [0.4, 0.5) is 0 Å². The summed E-state index contributed by atoms with van der Waals surface area (Å²) in [5.41, 5.74) is 2.09.